The van der Waals surface area contributed by atoms with Gasteiger partial charge in [-0.1, -0.05) is 17.7 Å². The van der Waals surface area contributed by atoms with Crippen LogP contribution in [0, 0.1) is 12.7 Å². The van der Waals surface area contributed by atoms with E-state index in [1.165, 1.54) is 16.7 Å². The molecule has 1 amide bonds. The van der Waals surface area contributed by atoms with Crippen molar-refractivity contribution in [1.82, 2.24) is 14.3 Å². The summed E-state index contributed by atoms with van der Waals surface area (Å²) in [5, 5.41) is 7.35. The highest BCUT2D eigenvalue weighted by Gasteiger charge is 2.26. The van der Waals surface area contributed by atoms with Crippen molar-refractivity contribution in [2.75, 3.05) is 16.8 Å². The van der Waals surface area contributed by atoms with Gasteiger partial charge in [0.2, 0.25) is 11.9 Å². The number of carbonyl (C=O) groups is 1. The lowest BCUT2D eigenvalue weighted by molar-refractivity contribution is -0.117. The number of hydrogen-bond donors (Lipinski definition) is 1. The lowest BCUT2D eigenvalue weighted by atomic mass is 10.2. The van der Waals surface area contributed by atoms with E-state index < -0.39 is 23.6 Å². The molecule has 3 aromatic rings. The van der Waals surface area contributed by atoms with Crippen molar-refractivity contribution in [2.45, 2.75) is 20.0 Å². The average Bonchev–Trinajstić information content (AvgIpc) is 3.13. The molecule has 0 fully saturated rings. The van der Waals surface area contributed by atoms with E-state index in [1.807, 2.05) is 6.92 Å². The van der Waals surface area contributed by atoms with Gasteiger partial charge in [-0.3, -0.25) is 19.0 Å². The quantitative estimate of drug-likeness (QED) is 0.643. The number of amides is 1. The van der Waals surface area contributed by atoms with Gasteiger partial charge >= 0.3 is 11.1 Å². The number of carbonyl (C=O) groups excluding carboxylic acids is 1. The van der Waals surface area contributed by atoms with Crippen molar-refractivity contribution in [3.05, 3.63) is 79.6 Å². The molecule has 10 heteroatoms. The van der Waals surface area contributed by atoms with E-state index in [9.17, 15) is 18.8 Å². The van der Waals surface area contributed by atoms with Crippen molar-refractivity contribution < 1.29 is 9.18 Å². The number of nitrogens with zero attached hydrogens (tertiary/aromatic N) is 4. The van der Waals surface area contributed by atoms with Crippen LogP contribution < -0.4 is 21.3 Å². The number of aromatic nitrogens is 3. The monoisotopic (exact) mass is 429 g/mol. The number of benzene rings is 2. The fourth-order valence-electron chi connectivity index (χ4n) is 3.21. The third kappa shape index (κ3) is 3.71. The van der Waals surface area contributed by atoms with Gasteiger partial charge in [0.15, 0.2) is 0 Å². The minimum atomic E-state index is -0.892. The third-order valence-corrected chi connectivity index (χ3v) is 5.20. The van der Waals surface area contributed by atoms with E-state index in [1.54, 1.807) is 35.2 Å². The molecule has 1 aliphatic heterocycles. The first kappa shape index (κ1) is 19.8. The largest absolute Gasteiger partial charge is 0.333 e. The molecule has 0 saturated heterocycles. The number of anilines is 3. The molecule has 2 heterocycles. The highest BCUT2D eigenvalue weighted by atomic mass is 35.5. The zero-order valence-electron chi connectivity index (χ0n) is 15.9. The van der Waals surface area contributed by atoms with Crippen LogP contribution in [-0.2, 0) is 17.9 Å². The molecule has 0 aliphatic carbocycles. The molecule has 1 aromatic heterocycles. The van der Waals surface area contributed by atoms with Gasteiger partial charge in [-0.2, -0.15) is 0 Å². The number of aryl methyl sites for hydroxylation is 1. The number of hydrogen-bond acceptors (Lipinski definition) is 5. The summed E-state index contributed by atoms with van der Waals surface area (Å²) in [6.07, 6.45) is 0. The van der Waals surface area contributed by atoms with Crippen LogP contribution >= 0.6 is 11.6 Å². The average molecular weight is 430 g/mol. The van der Waals surface area contributed by atoms with Gasteiger partial charge in [-0.05, 0) is 48.9 Å². The number of nitrogens with one attached hydrogen (secondary N) is 1. The van der Waals surface area contributed by atoms with Gasteiger partial charge in [-0.15, -0.1) is 5.10 Å². The molecular formula is C20H17ClFN5O3. The summed E-state index contributed by atoms with van der Waals surface area (Å²) in [6.45, 7) is 2.06. The normalized spacial score (nSPS) is 12.7. The van der Waals surface area contributed by atoms with Gasteiger partial charge in [0.1, 0.15) is 12.4 Å². The lowest BCUT2D eigenvalue weighted by Crippen LogP contribution is -2.44. The fraction of sp³-hybridized carbons (Fsp3) is 0.200. The summed E-state index contributed by atoms with van der Waals surface area (Å²) in [4.78, 5) is 39.0. The first-order chi connectivity index (χ1) is 14.3. The summed E-state index contributed by atoms with van der Waals surface area (Å²) >= 11 is 6.06. The molecule has 1 N–H and O–H groups in total. The second-order valence-electron chi connectivity index (χ2n) is 6.86. The highest BCUT2D eigenvalue weighted by molar-refractivity contribution is 6.31. The molecule has 30 heavy (non-hydrogen) atoms. The van der Waals surface area contributed by atoms with Gasteiger partial charge in [0, 0.05) is 29.5 Å². The number of fused-ring (bicyclic) bond motifs is 1. The van der Waals surface area contributed by atoms with Crippen molar-refractivity contribution in [3.8, 4) is 0 Å². The standard InChI is InChI=1S/C20H17ClFN5O3/c1-12-2-5-14(10-16(12)21)23-17(28)11-27-19(30)18(29)26-9-8-25(20(26)24-27)15-6-3-13(22)4-7-15/h2-7,10H,8-9,11H2,1H3,(H,23,28). The summed E-state index contributed by atoms with van der Waals surface area (Å²) in [5.74, 6) is -0.696. The van der Waals surface area contributed by atoms with Crippen molar-refractivity contribution in [3.63, 3.8) is 0 Å². The van der Waals surface area contributed by atoms with Crippen LogP contribution in [-0.4, -0.2) is 26.8 Å². The Morgan fingerprint density at radius 1 is 1.13 bits per heavy atom. The molecule has 8 nitrogen and oxygen atoms in total. The summed E-state index contributed by atoms with van der Waals surface area (Å²) in [6, 6.07) is 10.7. The van der Waals surface area contributed by atoms with Crippen molar-refractivity contribution in [1.29, 1.82) is 0 Å². The second kappa shape index (κ2) is 7.75. The summed E-state index contributed by atoms with van der Waals surface area (Å²) < 4.78 is 15.3. The molecule has 0 bridgehead atoms. The Bertz CT molecular complexity index is 1250. The molecule has 0 saturated carbocycles. The Morgan fingerprint density at radius 2 is 1.87 bits per heavy atom. The SMILES string of the molecule is Cc1ccc(NC(=O)Cn2nc3n(c(=O)c2=O)CCN3c2ccc(F)cc2)cc1Cl. The van der Waals surface area contributed by atoms with Crippen LogP contribution in [0.25, 0.3) is 0 Å². The van der Waals surface area contributed by atoms with Crippen LogP contribution in [0.4, 0.5) is 21.7 Å². The first-order valence-corrected chi connectivity index (χ1v) is 9.52. The topological polar surface area (TPSA) is 89.2 Å². The van der Waals surface area contributed by atoms with Crippen LogP contribution in [0.5, 0.6) is 0 Å². The molecule has 0 atom stereocenters. The van der Waals surface area contributed by atoms with E-state index in [0.717, 1.165) is 10.2 Å². The molecule has 154 valence electrons. The third-order valence-electron chi connectivity index (χ3n) is 4.79. The Morgan fingerprint density at radius 3 is 2.57 bits per heavy atom. The van der Waals surface area contributed by atoms with Crippen LogP contribution in [0.2, 0.25) is 5.02 Å². The van der Waals surface area contributed by atoms with E-state index in [4.69, 9.17) is 11.6 Å². The maximum absolute atomic E-state index is 13.2. The van der Waals surface area contributed by atoms with Gasteiger partial charge in [0.25, 0.3) is 0 Å². The molecule has 4 rings (SSSR count). The van der Waals surface area contributed by atoms with Crippen molar-refractivity contribution >= 4 is 34.8 Å². The predicted octanol–water partition coefficient (Wildman–Crippen LogP) is 2.30. The molecule has 0 spiro atoms. The lowest BCUT2D eigenvalue weighted by Gasteiger charge is -2.17. The van der Waals surface area contributed by atoms with Crippen LogP contribution in [0.1, 0.15) is 5.56 Å². The van der Waals surface area contributed by atoms with E-state index in [0.29, 0.717) is 22.9 Å². The van der Waals surface area contributed by atoms with E-state index in [2.05, 4.69) is 10.4 Å². The number of rotatable bonds is 4. The smallest absolute Gasteiger partial charge is 0.324 e. The predicted molar refractivity (Wildman–Crippen MR) is 111 cm³/mol. The maximum atomic E-state index is 13.2. The molecule has 0 unspecified atom stereocenters. The molecule has 1 aliphatic rings. The van der Waals surface area contributed by atoms with Crippen LogP contribution in [0.15, 0.2) is 52.1 Å². The maximum Gasteiger partial charge on any atom is 0.333 e. The molecule has 0 radical (unpaired) electrons. The Hall–Kier alpha value is -3.46. The molecular weight excluding hydrogens is 413 g/mol. The second-order valence-corrected chi connectivity index (χ2v) is 7.27. The van der Waals surface area contributed by atoms with Crippen molar-refractivity contribution in [2.24, 2.45) is 0 Å². The van der Waals surface area contributed by atoms with Gasteiger partial charge < -0.3 is 10.2 Å². The van der Waals surface area contributed by atoms with Gasteiger partial charge in [-0.25, -0.2) is 9.07 Å². The summed E-state index contributed by atoms with van der Waals surface area (Å²) in [5.41, 5.74) is 0.292. The minimum Gasteiger partial charge on any atom is -0.324 e. The molecule has 2 aromatic carbocycles. The van der Waals surface area contributed by atoms with Crippen LogP contribution in [0.3, 0.4) is 0 Å². The van der Waals surface area contributed by atoms with E-state index >= 15 is 0 Å². The zero-order chi connectivity index (χ0) is 21.4. The number of halogens is 2. The zero-order valence-corrected chi connectivity index (χ0v) is 16.7. The van der Waals surface area contributed by atoms with Gasteiger partial charge in [0.05, 0.1) is 0 Å². The first-order valence-electron chi connectivity index (χ1n) is 9.14. The Labute approximate surface area is 175 Å². The highest BCUT2D eigenvalue weighted by Crippen LogP contribution is 2.26. The Balaban J connectivity index is 1.62. The van der Waals surface area contributed by atoms with E-state index in [-0.39, 0.29) is 18.3 Å². The fourth-order valence-corrected chi connectivity index (χ4v) is 3.39. The Kier molecular flexibility index (Phi) is 5.13. The summed E-state index contributed by atoms with van der Waals surface area (Å²) in [7, 11) is 0. The minimum absolute atomic E-state index is 0.220.